The van der Waals surface area contributed by atoms with Crippen LogP contribution in [0.1, 0.15) is 23.0 Å². The van der Waals surface area contributed by atoms with Gasteiger partial charge >= 0.3 is 5.97 Å². The third-order valence-corrected chi connectivity index (χ3v) is 3.35. The van der Waals surface area contributed by atoms with Gasteiger partial charge in [-0.05, 0) is 24.6 Å². The van der Waals surface area contributed by atoms with Crippen LogP contribution in [0, 0.1) is 0 Å². The van der Waals surface area contributed by atoms with E-state index in [1.807, 2.05) is 6.92 Å². The zero-order chi connectivity index (χ0) is 14.0. The minimum absolute atomic E-state index is 0.117. The van der Waals surface area contributed by atoms with Gasteiger partial charge in [-0.15, -0.1) is 0 Å². The van der Waals surface area contributed by atoms with E-state index in [2.05, 4.69) is 9.97 Å². The van der Waals surface area contributed by atoms with Crippen LogP contribution in [0.5, 0.6) is 0 Å². The third-order valence-electron chi connectivity index (χ3n) is 2.61. The van der Waals surface area contributed by atoms with Crippen molar-refractivity contribution in [3.05, 3.63) is 45.7 Å². The van der Waals surface area contributed by atoms with E-state index in [1.54, 1.807) is 18.2 Å². The van der Waals surface area contributed by atoms with Gasteiger partial charge in [0.1, 0.15) is 0 Å². The maximum absolute atomic E-state index is 11.0. The predicted molar refractivity (Wildman–Crippen MR) is 73.8 cm³/mol. The second-order valence-corrected chi connectivity index (χ2v) is 4.66. The molecule has 0 radical (unpaired) electrons. The minimum Gasteiger partial charge on any atom is -0.478 e. The maximum atomic E-state index is 11.0. The second kappa shape index (κ2) is 5.55. The molecule has 0 saturated heterocycles. The fraction of sp³-hybridized carbons (Fsp3) is 0.154. The van der Waals surface area contributed by atoms with Crippen molar-refractivity contribution in [3.63, 3.8) is 0 Å². The number of hydrogen-bond donors (Lipinski definition) is 1. The van der Waals surface area contributed by atoms with Crippen LogP contribution in [-0.2, 0) is 6.42 Å². The Labute approximate surface area is 120 Å². The van der Waals surface area contributed by atoms with Crippen LogP contribution >= 0.6 is 23.2 Å². The summed E-state index contributed by atoms with van der Waals surface area (Å²) in [5, 5.41) is 9.87. The van der Waals surface area contributed by atoms with Crippen molar-refractivity contribution in [2.24, 2.45) is 0 Å². The molecule has 6 heteroatoms. The van der Waals surface area contributed by atoms with Crippen LogP contribution in [-0.4, -0.2) is 21.0 Å². The van der Waals surface area contributed by atoms with E-state index in [-0.39, 0.29) is 5.56 Å². The van der Waals surface area contributed by atoms with Crippen molar-refractivity contribution in [1.29, 1.82) is 0 Å². The number of carbonyl (C=O) groups is 1. The molecule has 1 heterocycles. The highest BCUT2D eigenvalue weighted by Gasteiger charge is 2.13. The Kier molecular flexibility index (Phi) is 4.02. The lowest BCUT2D eigenvalue weighted by molar-refractivity contribution is 0.0694. The summed E-state index contributed by atoms with van der Waals surface area (Å²) in [5.74, 6) is -0.599. The van der Waals surface area contributed by atoms with Gasteiger partial charge in [-0.2, -0.15) is 0 Å². The van der Waals surface area contributed by atoms with Crippen LogP contribution < -0.4 is 0 Å². The van der Waals surface area contributed by atoms with Crippen molar-refractivity contribution in [1.82, 2.24) is 9.97 Å². The standard InChI is InChI=1S/C13H10Cl2N2O2/c1-2-11-8(13(18)19)6-16-12(17-11)7-3-4-9(14)10(15)5-7/h3-6H,2H2,1H3,(H,18,19). The summed E-state index contributed by atoms with van der Waals surface area (Å²) in [6.07, 6.45) is 1.82. The zero-order valence-corrected chi connectivity index (χ0v) is 11.5. The van der Waals surface area contributed by atoms with E-state index in [0.29, 0.717) is 33.5 Å². The second-order valence-electron chi connectivity index (χ2n) is 3.84. The molecule has 1 aromatic carbocycles. The molecule has 0 atom stereocenters. The molecule has 98 valence electrons. The molecule has 0 unspecified atom stereocenters. The molecule has 2 aromatic rings. The lowest BCUT2D eigenvalue weighted by Crippen LogP contribution is -2.06. The monoisotopic (exact) mass is 296 g/mol. The number of aromatic nitrogens is 2. The molecule has 0 spiro atoms. The van der Waals surface area contributed by atoms with Crippen LogP contribution in [0.2, 0.25) is 10.0 Å². The van der Waals surface area contributed by atoms with E-state index in [4.69, 9.17) is 28.3 Å². The topological polar surface area (TPSA) is 63.1 Å². The highest BCUT2D eigenvalue weighted by atomic mass is 35.5. The molecule has 0 saturated carbocycles. The molecule has 2 rings (SSSR count). The van der Waals surface area contributed by atoms with E-state index in [1.165, 1.54) is 6.20 Å². The average molecular weight is 297 g/mol. The molecule has 4 nitrogen and oxygen atoms in total. The number of aromatic carboxylic acids is 1. The van der Waals surface area contributed by atoms with Crippen molar-refractivity contribution in [3.8, 4) is 11.4 Å². The lowest BCUT2D eigenvalue weighted by Gasteiger charge is -2.06. The average Bonchev–Trinajstić information content (AvgIpc) is 2.41. The van der Waals surface area contributed by atoms with Gasteiger partial charge < -0.3 is 5.11 Å². The van der Waals surface area contributed by atoms with Gasteiger partial charge in [-0.1, -0.05) is 30.1 Å². The van der Waals surface area contributed by atoms with Crippen molar-refractivity contribution in [2.75, 3.05) is 0 Å². The summed E-state index contributed by atoms with van der Waals surface area (Å²) >= 11 is 11.8. The van der Waals surface area contributed by atoms with Crippen LogP contribution in [0.25, 0.3) is 11.4 Å². The Hall–Kier alpha value is -1.65. The summed E-state index contributed by atoms with van der Waals surface area (Å²) in [5.41, 5.74) is 1.30. The molecule has 1 aromatic heterocycles. The summed E-state index contributed by atoms with van der Waals surface area (Å²) in [6, 6.07) is 5.04. The molecule has 0 fully saturated rings. The van der Waals surface area contributed by atoms with Crippen molar-refractivity contribution < 1.29 is 9.90 Å². The third kappa shape index (κ3) is 2.85. The summed E-state index contributed by atoms with van der Waals surface area (Å²) < 4.78 is 0. The van der Waals surface area contributed by atoms with E-state index in [0.717, 1.165) is 0 Å². The number of aryl methyl sites for hydroxylation is 1. The Morgan fingerprint density at radius 2 is 2.05 bits per heavy atom. The van der Waals surface area contributed by atoms with Gasteiger partial charge in [0.2, 0.25) is 0 Å². The quantitative estimate of drug-likeness (QED) is 0.938. The zero-order valence-electron chi connectivity index (χ0n) is 10.0. The largest absolute Gasteiger partial charge is 0.478 e. The van der Waals surface area contributed by atoms with Gasteiger partial charge in [-0.3, -0.25) is 0 Å². The molecular formula is C13H10Cl2N2O2. The first kappa shape index (κ1) is 13.8. The highest BCUT2D eigenvalue weighted by Crippen LogP contribution is 2.27. The summed E-state index contributed by atoms with van der Waals surface area (Å²) in [7, 11) is 0. The maximum Gasteiger partial charge on any atom is 0.339 e. The minimum atomic E-state index is -1.03. The first-order valence-electron chi connectivity index (χ1n) is 5.57. The smallest absolute Gasteiger partial charge is 0.339 e. The predicted octanol–water partition coefficient (Wildman–Crippen LogP) is 3.71. The van der Waals surface area contributed by atoms with Gasteiger partial charge in [0.05, 0.1) is 21.3 Å². The number of rotatable bonds is 3. The fourth-order valence-corrected chi connectivity index (χ4v) is 1.94. The molecule has 0 aliphatic heterocycles. The molecule has 0 aliphatic rings. The number of carboxylic acids is 1. The van der Waals surface area contributed by atoms with Crippen LogP contribution in [0.4, 0.5) is 0 Å². The van der Waals surface area contributed by atoms with Gasteiger partial charge in [0, 0.05) is 11.8 Å². The fourth-order valence-electron chi connectivity index (χ4n) is 1.64. The van der Waals surface area contributed by atoms with Gasteiger partial charge in [-0.25, -0.2) is 14.8 Å². The first-order chi connectivity index (χ1) is 9.02. The van der Waals surface area contributed by atoms with Crippen LogP contribution in [0.15, 0.2) is 24.4 Å². The Morgan fingerprint density at radius 1 is 1.32 bits per heavy atom. The lowest BCUT2D eigenvalue weighted by atomic mass is 10.1. The number of benzene rings is 1. The molecule has 1 N–H and O–H groups in total. The highest BCUT2D eigenvalue weighted by molar-refractivity contribution is 6.42. The van der Waals surface area contributed by atoms with E-state index < -0.39 is 5.97 Å². The Balaban J connectivity index is 2.51. The number of nitrogens with zero attached hydrogens (tertiary/aromatic N) is 2. The SMILES string of the molecule is CCc1nc(-c2ccc(Cl)c(Cl)c2)ncc1C(=O)O. The molecular weight excluding hydrogens is 287 g/mol. The van der Waals surface area contributed by atoms with Crippen molar-refractivity contribution in [2.45, 2.75) is 13.3 Å². The van der Waals surface area contributed by atoms with Crippen molar-refractivity contribution >= 4 is 29.2 Å². The first-order valence-corrected chi connectivity index (χ1v) is 6.33. The normalized spacial score (nSPS) is 10.5. The molecule has 0 aliphatic carbocycles. The molecule has 0 bridgehead atoms. The Bertz CT molecular complexity index is 645. The van der Waals surface area contributed by atoms with Gasteiger partial charge in [0.25, 0.3) is 0 Å². The summed E-state index contributed by atoms with van der Waals surface area (Å²) in [4.78, 5) is 19.3. The van der Waals surface area contributed by atoms with Crippen LogP contribution in [0.3, 0.4) is 0 Å². The summed E-state index contributed by atoms with van der Waals surface area (Å²) in [6.45, 7) is 1.84. The van der Waals surface area contributed by atoms with E-state index in [9.17, 15) is 4.79 Å². The number of hydrogen-bond acceptors (Lipinski definition) is 3. The Morgan fingerprint density at radius 3 is 2.63 bits per heavy atom. The van der Waals surface area contributed by atoms with Gasteiger partial charge in [0.15, 0.2) is 5.82 Å². The molecule has 19 heavy (non-hydrogen) atoms. The molecule has 0 amide bonds. The van der Waals surface area contributed by atoms with E-state index >= 15 is 0 Å². The number of carboxylic acid groups (broad SMARTS) is 1. The number of halogens is 2.